The Balaban J connectivity index is 2.67. The molecule has 1 aromatic rings. The molecule has 5 heteroatoms. The summed E-state index contributed by atoms with van der Waals surface area (Å²) in [6.07, 6.45) is 1.65. The Labute approximate surface area is 62.3 Å². The van der Waals surface area contributed by atoms with Crippen LogP contribution in [-0.4, -0.2) is 15.2 Å². The summed E-state index contributed by atoms with van der Waals surface area (Å²) < 4.78 is 5.94. The standard InChI is InChI=1S/C5H5ClN2O2/c1-8-3-2-4(7-8)10-5(6)9/h2-3H,1H3. The van der Waals surface area contributed by atoms with Crippen molar-refractivity contribution in [2.24, 2.45) is 7.05 Å². The van der Waals surface area contributed by atoms with Crippen LogP contribution >= 0.6 is 11.6 Å². The molecule has 1 aromatic heterocycles. The SMILES string of the molecule is Cn1ccc(OC(=O)Cl)n1. The van der Waals surface area contributed by atoms with Gasteiger partial charge in [-0.3, -0.25) is 4.68 Å². The Hall–Kier alpha value is -1.03. The zero-order valence-electron chi connectivity index (χ0n) is 5.24. The molecule has 10 heavy (non-hydrogen) atoms. The van der Waals surface area contributed by atoms with Gasteiger partial charge in [0.15, 0.2) is 0 Å². The van der Waals surface area contributed by atoms with E-state index in [4.69, 9.17) is 11.6 Å². The monoisotopic (exact) mass is 160 g/mol. The first-order valence-corrected chi connectivity index (χ1v) is 2.93. The first-order valence-electron chi connectivity index (χ1n) is 2.55. The van der Waals surface area contributed by atoms with E-state index in [9.17, 15) is 4.79 Å². The highest BCUT2D eigenvalue weighted by molar-refractivity contribution is 6.61. The van der Waals surface area contributed by atoms with Gasteiger partial charge in [-0.1, -0.05) is 0 Å². The fraction of sp³-hybridized carbons (Fsp3) is 0.200. The molecule has 1 heterocycles. The second-order valence-electron chi connectivity index (χ2n) is 1.67. The van der Waals surface area contributed by atoms with Crippen molar-refractivity contribution in [3.8, 4) is 5.88 Å². The third-order valence-electron chi connectivity index (χ3n) is 0.874. The van der Waals surface area contributed by atoms with Gasteiger partial charge >= 0.3 is 5.43 Å². The molecule has 0 unspecified atom stereocenters. The molecule has 0 saturated carbocycles. The third-order valence-corrected chi connectivity index (χ3v) is 0.951. The summed E-state index contributed by atoms with van der Waals surface area (Å²) in [5.74, 6) is 0.211. The van der Waals surface area contributed by atoms with Crippen molar-refractivity contribution in [1.82, 2.24) is 9.78 Å². The van der Waals surface area contributed by atoms with E-state index in [0.29, 0.717) is 0 Å². The fourth-order valence-corrected chi connectivity index (χ4v) is 0.609. The summed E-state index contributed by atoms with van der Waals surface area (Å²) in [6.45, 7) is 0. The van der Waals surface area contributed by atoms with E-state index in [0.717, 1.165) is 0 Å². The van der Waals surface area contributed by atoms with Gasteiger partial charge in [0.25, 0.3) is 0 Å². The molecular weight excluding hydrogens is 156 g/mol. The smallest absolute Gasteiger partial charge is 0.394 e. The maximum atomic E-state index is 10.1. The van der Waals surface area contributed by atoms with Crippen LogP contribution in [0.25, 0.3) is 0 Å². The van der Waals surface area contributed by atoms with Crippen molar-refractivity contribution >= 4 is 17.0 Å². The van der Waals surface area contributed by atoms with Crippen LogP contribution in [0.5, 0.6) is 5.88 Å². The first-order chi connectivity index (χ1) is 4.68. The summed E-state index contributed by atoms with van der Waals surface area (Å²) in [4.78, 5) is 10.1. The van der Waals surface area contributed by atoms with Gasteiger partial charge < -0.3 is 4.74 Å². The molecule has 0 aliphatic rings. The molecule has 1 rings (SSSR count). The van der Waals surface area contributed by atoms with Crippen molar-refractivity contribution < 1.29 is 9.53 Å². The molecule has 0 fully saturated rings. The zero-order valence-corrected chi connectivity index (χ0v) is 6.00. The molecule has 0 aromatic carbocycles. The van der Waals surface area contributed by atoms with Crippen LogP contribution in [0.1, 0.15) is 0 Å². The first kappa shape index (κ1) is 7.08. The second kappa shape index (κ2) is 2.70. The molecule has 0 bridgehead atoms. The van der Waals surface area contributed by atoms with Crippen LogP contribution in [0, 0.1) is 0 Å². The number of carbonyl (C=O) groups excluding carboxylic acids is 1. The minimum absolute atomic E-state index is 0.211. The summed E-state index contributed by atoms with van der Waals surface area (Å²) >= 11 is 4.91. The quantitative estimate of drug-likeness (QED) is 0.579. The highest BCUT2D eigenvalue weighted by Gasteiger charge is 2.00. The van der Waals surface area contributed by atoms with Gasteiger partial charge in [0.05, 0.1) is 0 Å². The van der Waals surface area contributed by atoms with Gasteiger partial charge in [-0.15, -0.1) is 5.10 Å². The Morgan fingerprint density at radius 1 is 1.90 bits per heavy atom. The summed E-state index contributed by atoms with van der Waals surface area (Å²) in [6, 6.07) is 1.54. The molecule has 0 aliphatic heterocycles. The number of aryl methyl sites for hydroxylation is 1. The highest BCUT2D eigenvalue weighted by Crippen LogP contribution is 2.05. The number of halogens is 1. The van der Waals surface area contributed by atoms with E-state index in [2.05, 4.69) is 9.84 Å². The summed E-state index contributed by atoms with van der Waals surface area (Å²) in [5, 5.41) is 3.74. The Kier molecular flexibility index (Phi) is 1.91. The molecule has 54 valence electrons. The molecule has 0 radical (unpaired) electrons. The van der Waals surface area contributed by atoms with Crippen molar-refractivity contribution in [1.29, 1.82) is 0 Å². The second-order valence-corrected chi connectivity index (χ2v) is 1.98. The van der Waals surface area contributed by atoms with Gasteiger partial charge in [0.1, 0.15) is 0 Å². The van der Waals surface area contributed by atoms with E-state index < -0.39 is 5.43 Å². The van der Waals surface area contributed by atoms with Gasteiger partial charge in [0, 0.05) is 30.9 Å². The maximum absolute atomic E-state index is 10.1. The number of carbonyl (C=O) groups is 1. The molecule has 0 aliphatic carbocycles. The number of hydrogen-bond acceptors (Lipinski definition) is 3. The van der Waals surface area contributed by atoms with Crippen molar-refractivity contribution in [2.75, 3.05) is 0 Å². The normalized spacial score (nSPS) is 9.40. The Bertz CT molecular complexity index is 246. The number of hydrogen-bond donors (Lipinski definition) is 0. The van der Waals surface area contributed by atoms with E-state index in [1.165, 1.54) is 4.68 Å². The molecule has 0 spiro atoms. The van der Waals surface area contributed by atoms with Crippen LogP contribution in [0.4, 0.5) is 4.79 Å². The fourth-order valence-electron chi connectivity index (χ4n) is 0.530. The largest absolute Gasteiger partial charge is 0.410 e. The van der Waals surface area contributed by atoms with Crippen LogP contribution < -0.4 is 4.74 Å². The minimum Gasteiger partial charge on any atom is -0.394 e. The summed E-state index contributed by atoms with van der Waals surface area (Å²) in [5.41, 5.74) is -0.876. The molecule has 4 nitrogen and oxygen atoms in total. The average molecular weight is 161 g/mol. The average Bonchev–Trinajstić information content (AvgIpc) is 2.13. The van der Waals surface area contributed by atoms with Crippen LogP contribution in [-0.2, 0) is 7.05 Å². The van der Waals surface area contributed by atoms with E-state index >= 15 is 0 Å². The van der Waals surface area contributed by atoms with Crippen molar-refractivity contribution in [3.63, 3.8) is 0 Å². The lowest BCUT2D eigenvalue weighted by atomic mass is 10.7. The third kappa shape index (κ3) is 1.73. The zero-order chi connectivity index (χ0) is 7.56. The number of ether oxygens (including phenoxy) is 1. The molecule has 0 N–H and O–H groups in total. The van der Waals surface area contributed by atoms with Gasteiger partial charge in [-0.05, 0) is 0 Å². The lowest BCUT2D eigenvalue weighted by Gasteiger charge is -1.90. The van der Waals surface area contributed by atoms with Crippen LogP contribution in [0.15, 0.2) is 12.3 Å². The molecule has 0 amide bonds. The summed E-state index contributed by atoms with van der Waals surface area (Å²) in [7, 11) is 1.71. The topological polar surface area (TPSA) is 44.1 Å². The Morgan fingerprint density at radius 3 is 3.00 bits per heavy atom. The minimum atomic E-state index is -0.876. The lowest BCUT2D eigenvalue weighted by molar-refractivity contribution is 0.223. The maximum Gasteiger partial charge on any atom is 0.410 e. The number of aromatic nitrogens is 2. The molecule has 0 saturated heterocycles. The van der Waals surface area contributed by atoms with Crippen LogP contribution in [0.3, 0.4) is 0 Å². The van der Waals surface area contributed by atoms with Gasteiger partial charge in [-0.25, -0.2) is 4.79 Å². The van der Waals surface area contributed by atoms with E-state index in [1.807, 2.05) is 0 Å². The van der Waals surface area contributed by atoms with Gasteiger partial charge in [0.2, 0.25) is 5.88 Å². The van der Waals surface area contributed by atoms with Crippen LogP contribution in [0.2, 0.25) is 0 Å². The predicted molar refractivity (Wildman–Crippen MR) is 35.1 cm³/mol. The number of nitrogens with zero attached hydrogens (tertiary/aromatic N) is 2. The lowest BCUT2D eigenvalue weighted by Crippen LogP contribution is -1.97. The highest BCUT2D eigenvalue weighted by atomic mass is 35.5. The van der Waals surface area contributed by atoms with E-state index in [-0.39, 0.29) is 5.88 Å². The van der Waals surface area contributed by atoms with E-state index in [1.54, 1.807) is 19.3 Å². The van der Waals surface area contributed by atoms with Crippen molar-refractivity contribution in [3.05, 3.63) is 12.3 Å². The predicted octanol–water partition coefficient (Wildman–Crippen LogP) is 1.16. The number of rotatable bonds is 1. The van der Waals surface area contributed by atoms with Crippen molar-refractivity contribution in [2.45, 2.75) is 0 Å². The molecular formula is C5H5ClN2O2. The Morgan fingerprint density at radius 2 is 2.60 bits per heavy atom. The van der Waals surface area contributed by atoms with Gasteiger partial charge in [-0.2, -0.15) is 0 Å². The molecule has 0 atom stereocenters.